The van der Waals surface area contributed by atoms with Crippen LogP contribution in [0.3, 0.4) is 0 Å². The van der Waals surface area contributed by atoms with Crippen molar-refractivity contribution in [2.45, 2.75) is 44.8 Å². The first-order valence-electron chi connectivity index (χ1n) is 8.69. The minimum Gasteiger partial charge on any atom is -0.331 e. The summed E-state index contributed by atoms with van der Waals surface area (Å²) in [5, 5.41) is 5.39. The number of halogens is 3. The van der Waals surface area contributed by atoms with Gasteiger partial charge < -0.3 is 10.6 Å². The van der Waals surface area contributed by atoms with Crippen molar-refractivity contribution in [1.82, 2.24) is 5.32 Å². The van der Waals surface area contributed by atoms with Crippen molar-refractivity contribution in [3.05, 3.63) is 64.7 Å². The van der Waals surface area contributed by atoms with Crippen molar-refractivity contribution in [2.24, 2.45) is 0 Å². The van der Waals surface area contributed by atoms with Gasteiger partial charge in [-0.05, 0) is 73.6 Å². The lowest BCUT2D eigenvalue weighted by atomic mass is 9.89. The molecule has 6 heteroatoms. The Hall–Kier alpha value is -2.50. The average Bonchev–Trinajstić information content (AvgIpc) is 2.61. The van der Waals surface area contributed by atoms with Gasteiger partial charge in [-0.1, -0.05) is 18.2 Å². The highest BCUT2D eigenvalue weighted by molar-refractivity contribution is 5.89. The molecule has 0 bridgehead atoms. The molecule has 2 aromatic carbocycles. The van der Waals surface area contributed by atoms with Gasteiger partial charge in [0.2, 0.25) is 0 Å². The monoisotopic (exact) mass is 362 g/mol. The summed E-state index contributed by atoms with van der Waals surface area (Å²) in [4.78, 5) is 12.1. The zero-order valence-electron chi connectivity index (χ0n) is 14.5. The van der Waals surface area contributed by atoms with E-state index >= 15 is 0 Å². The maximum atomic E-state index is 12.6. The van der Waals surface area contributed by atoms with Crippen LogP contribution >= 0.6 is 0 Å². The number of amides is 2. The molecule has 1 aliphatic rings. The number of anilines is 1. The molecule has 2 aromatic rings. The maximum Gasteiger partial charge on any atom is 0.416 e. The Kier molecular flexibility index (Phi) is 5.20. The molecule has 0 radical (unpaired) electrons. The summed E-state index contributed by atoms with van der Waals surface area (Å²) in [6.07, 6.45) is 0.184. The maximum absolute atomic E-state index is 12.6. The third-order valence-electron chi connectivity index (χ3n) is 4.69. The first kappa shape index (κ1) is 18.3. The molecule has 0 aliphatic heterocycles. The molecule has 26 heavy (non-hydrogen) atoms. The van der Waals surface area contributed by atoms with E-state index in [2.05, 4.69) is 22.8 Å². The van der Waals surface area contributed by atoms with Gasteiger partial charge in [-0.2, -0.15) is 13.2 Å². The number of urea groups is 1. The van der Waals surface area contributed by atoms with Crippen LogP contribution in [0.2, 0.25) is 0 Å². The lowest BCUT2D eigenvalue weighted by Crippen LogP contribution is -2.31. The number of aryl methyl sites for hydroxylation is 2. The van der Waals surface area contributed by atoms with E-state index in [0.29, 0.717) is 5.69 Å². The number of alkyl halides is 3. The largest absolute Gasteiger partial charge is 0.416 e. The van der Waals surface area contributed by atoms with Gasteiger partial charge in [0.05, 0.1) is 11.6 Å². The van der Waals surface area contributed by atoms with Crippen molar-refractivity contribution >= 4 is 11.7 Å². The van der Waals surface area contributed by atoms with Gasteiger partial charge >= 0.3 is 12.2 Å². The van der Waals surface area contributed by atoms with E-state index in [1.807, 2.05) is 13.0 Å². The fourth-order valence-electron chi connectivity index (χ4n) is 3.21. The molecular formula is C20H21F3N2O. The van der Waals surface area contributed by atoms with E-state index in [4.69, 9.17) is 0 Å². The second kappa shape index (κ2) is 7.40. The predicted molar refractivity (Wildman–Crippen MR) is 95.1 cm³/mol. The highest BCUT2D eigenvalue weighted by atomic mass is 19.4. The van der Waals surface area contributed by atoms with E-state index in [9.17, 15) is 18.0 Å². The third-order valence-corrected chi connectivity index (χ3v) is 4.69. The molecule has 0 spiro atoms. The molecule has 3 rings (SSSR count). The molecule has 0 saturated heterocycles. The minimum absolute atomic E-state index is 0.198. The van der Waals surface area contributed by atoms with Crippen LogP contribution in [0.15, 0.2) is 42.5 Å². The third kappa shape index (κ3) is 4.36. The molecule has 1 aliphatic carbocycles. The quantitative estimate of drug-likeness (QED) is 0.747. The second-order valence-electron chi connectivity index (χ2n) is 6.63. The average molecular weight is 362 g/mol. The Morgan fingerprint density at radius 2 is 1.65 bits per heavy atom. The second-order valence-corrected chi connectivity index (χ2v) is 6.63. The van der Waals surface area contributed by atoms with Crippen LogP contribution in [0.25, 0.3) is 0 Å². The Morgan fingerprint density at radius 3 is 2.31 bits per heavy atom. The van der Waals surface area contributed by atoms with Gasteiger partial charge in [0, 0.05) is 5.69 Å². The predicted octanol–water partition coefficient (Wildman–Crippen LogP) is 5.47. The molecular weight excluding hydrogens is 341 g/mol. The van der Waals surface area contributed by atoms with Gasteiger partial charge in [-0.15, -0.1) is 0 Å². The Balaban J connectivity index is 1.61. The number of rotatable bonds is 3. The van der Waals surface area contributed by atoms with Crippen molar-refractivity contribution in [3.8, 4) is 0 Å². The smallest absolute Gasteiger partial charge is 0.331 e. The lowest BCUT2D eigenvalue weighted by molar-refractivity contribution is -0.137. The highest BCUT2D eigenvalue weighted by Gasteiger charge is 2.30. The molecule has 3 nitrogen and oxygen atoms in total. The summed E-state index contributed by atoms with van der Waals surface area (Å²) >= 11 is 0. The summed E-state index contributed by atoms with van der Waals surface area (Å²) in [7, 11) is 0. The summed E-state index contributed by atoms with van der Waals surface area (Å²) in [5.41, 5.74) is 3.30. The molecule has 2 N–H and O–H groups in total. The summed E-state index contributed by atoms with van der Waals surface area (Å²) in [6, 6.07) is 10.0. The van der Waals surface area contributed by atoms with E-state index in [1.165, 1.54) is 36.1 Å². The SMILES string of the molecule is CC(NC(=O)Nc1ccc(C(F)(F)F)cc1)c1ccc2c(c1)CCCC2. The van der Waals surface area contributed by atoms with Gasteiger partial charge in [0.15, 0.2) is 0 Å². The first-order valence-corrected chi connectivity index (χ1v) is 8.69. The van der Waals surface area contributed by atoms with Crippen LogP contribution in [-0.4, -0.2) is 6.03 Å². The number of hydrogen-bond donors (Lipinski definition) is 2. The van der Waals surface area contributed by atoms with Crippen LogP contribution < -0.4 is 10.6 Å². The van der Waals surface area contributed by atoms with E-state index in [0.717, 1.165) is 30.5 Å². The number of hydrogen-bond acceptors (Lipinski definition) is 1. The number of carbonyl (C=O) groups is 1. The Bertz CT molecular complexity index is 785. The van der Waals surface area contributed by atoms with Crippen LogP contribution in [0.1, 0.15) is 48.1 Å². The zero-order valence-corrected chi connectivity index (χ0v) is 14.5. The lowest BCUT2D eigenvalue weighted by Gasteiger charge is -2.20. The first-order chi connectivity index (χ1) is 12.3. The molecule has 0 aromatic heterocycles. The van der Waals surface area contributed by atoms with Crippen molar-refractivity contribution < 1.29 is 18.0 Å². The van der Waals surface area contributed by atoms with E-state index < -0.39 is 17.8 Å². The summed E-state index contributed by atoms with van der Waals surface area (Å²) in [5.74, 6) is 0. The van der Waals surface area contributed by atoms with Crippen LogP contribution in [0.4, 0.5) is 23.7 Å². The molecule has 0 fully saturated rings. The van der Waals surface area contributed by atoms with Crippen molar-refractivity contribution in [2.75, 3.05) is 5.32 Å². The fourth-order valence-corrected chi connectivity index (χ4v) is 3.21. The van der Waals surface area contributed by atoms with E-state index in [1.54, 1.807) is 0 Å². The van der Waals surface area contributed by atoms with Crippen LogP contribution in [-0.2, 0) is 19.0 Å². The van der Waals surface area contributed by atoms with Gasteiger partial charge in [0.1, 0.15) is 0 Å². The standard InChI is InChI=1S/C20H21F3N2O/c1-13(15-7-6-14-4-2-3-5-16(14)12-15)24-19(26)25-18-10-8-17(9-11-18)20(21,22)23/h6-13H,2-5H2,1H3,(H2,24,25,26). The molecule has 0 saturated carbocycles. The van der Waals surface area contributed by atoms with Gasteiger partial charge in [0.25, 0.3) is 0 Å². The van der Waals surface area contributed by atoms with Crippen LogP contribution in [0.5, 0.6) is 0 Å². The Morgan fingerprint density at radius 1 is 1.00 bits per heavy atom. The fraction of sp³-hybridized carbons (Fsp3) is 0.350. The highest BCUT2D eigenvalue weighted by Crippen LogP contribution is 2.30. The summed E-state index contributed by atoms with van der Waals surface area (Å²) in [6.45, 7) is 1.89. The van der Waals surface area contributed by atoms with E-state index in [-0.39, 0.29) is 6.04 Å². The topological polar surface area (TPSA) is 41.1 Å². The normalized spacial score (nSPS) is 15.1. The van der Waals surface area contributed by atoms with Crippen molar-refractivity contribution in [1.29, 1.82) is 0 Å². The Labute approximate surface area is 150 Å². The molecule has 1 unspecified atom stereocenters. The zero-order chi connectivity index (χ0) is 18.7. The van der Waals surface area contributed by atoms with Gasteiger partial charge in [-0.3, -0.25) is 0 Å². The molecule has 2 amide bonds. The number of fused-ring (bicyclic) bond motifs is 1. The molecule has 1 atom stereocenters. The molecule has 138 valence electrons. The van der Waals surface area contributed by atoms with Crippen LogP contribution in [0, 0.1) is 0 Å². The number of benzene rings is 2. The van der Waals surface area contributed by atoms with Gasteiger partial charge in [-0.25, -0.2) is 4.79 Å². The number of nitrogens with one attached hydrogen (secondary N) is 2. The minimum atomic E-state index is -4.39. The number of carbonyl (C=O) groups excluding carboxylic acids is 1. The molecule has 0 heterocycles. The van der Waals surface area contributed by atoms with Crippen molar-refractivity contribution in [3.63, 3.8) is 0 Å². The summed E-state index contributed by atoms with van der Waals surface area (Å²) < 4.78 is 37.7.